The summed E-state index contributed by atoms with van der Waals surface area (Å²) in [6, 6.07) is 0.158. The van der Waals surface area contributed by atoms with Gasteiger partial charge in [-0.25, -0.2) is 0 Å². The summed E-state index contributed by atoms with van der Waals surface area (Å²) in [5.41, 5.74) is 4.79. The number of carboxylic acid groups (broad SMARTS) is 1. The first-order chi connectivity index (χ1) is 6.96. The minimum Gasteiger partial charge on any atom is -0.480 e. The molecular formula is C12H26N2O2. The molecule has 0 aliphatic heterocycles. The summed E-state index contributed by atoms with van der Waals surface area (Å²) in [6.45, 7) is 11.0. The van der Waals surface area contributed by atoms with Crippen LogP contribution in [-0.2, 0) is 4.79 Å². The highest BCUT2D eigenvalue weighted by molar-refractivity contribution is 5.77. The Labute approximate surface area is 98.8 Å². The summed E-state index contributed by atoms with van der Waals surface area (Å²) in [4.78, 5) is 13.1. The maximum absolute atomic E-state index is 10.9. The molecule has 0 rings (SSSR count). The third-order valence-corrected chi connectivity index (χ3v) is 2.68. The number of carbonyl (C=O) groups is 1. The fourth-order valence-electron chi connectivity index (χ4n) is 1.76. The molecule has 0 aromatic carbocycles. The summed E-state index contributed by atoms with van der Waals surface area (Å²) < 4.78 is 0. The lowest BCUT2D eigenvalue weighted by Gasteiger charge is -2.34. The summed E-state index contributed by atoms with van der Waals surface area (Å²) in [6.07, 6.45) is 0.453. The highest BCUT2D eigenvalue weighted by Gasteiger charge is 2.31. The smallest absolute Gasteiger partial charge is 0.323 e. The van der Waals surface area contributed by atoms with Crippen LogP contribution in [0.15, 0.2) is 0 Å². The Balaban J connectivity index is 4.36. The second-order valence-electron chi connectivity index (χ2n) is 6.25. The standard InChI is InChI=1S/C12H26N2O2/c1-9(7-12(5,13)10(15)16)14(6)8-11(2,3)4/h9H,7-8,13H2,1-6H3,(H,15,16). The summed E-state index contributed by atoms with van der Waals surface area (Å²) in [5, 5.41) is 8.96. The van der Waals surface area contributed by atoms with Crippen LogP contribution in [-0.4, -0.2) is 41.1 Å². The molecule has 0 amide bonds. The minimum absolute atomic E-state index is 0.158. The molecule has 4 heteroatoms. The summed E-state index contributed by atoms with van der Waals surface area (Å²) in [7, 11) is 2.01. The molecule has 3 N–H and O–H groups in total. The molecule has 0 aliphatic rings. The molecule has 0 spiro atoms. The van der Waals surface area contributed by atoms with Crippen molar-refractivity contribution >= 4 is 5.97 Å². The maximum Gasteiger partial charge on any atom is 0.323 e. The molecule has 2 atom stereocenters. The molecule has 0 aromatic heterocycles. The molecule has 0 aliphatic carbocycles. The van der Waals surface area contributed by atoms with Gasteiger partial charge in [-0.15, -0.1) is 0 Å². The van der Waals surface area contributed by atoms with Gasteiger partial charge in [-0.2, -0.15) is 0 Å². The average Bonchev–Trinajstić information content (AvgIpc) is 1.99. The van der Waals surface area contributed by atoms with Crippen LogP contribution in [0.2, 0.25) is 0 Å². The van der Waals surface area contributed by atoms with Crippen LogP contribution >= 0.6 is 0 Å². The SMILES string of the molecule is CC(CC(C)(N)C(=O)O)N(C)CC(C)(C)C. The topological polar surface area (TPSA) is 66.6 Å². The van der Waals surface area contributed by atoms with Crippen LogP contribution in [0, 0.1) is 5.41 Å². The molecule has 4 nitrogen and oxygen atoms in total. The van der Waals surface area contributed by atoms with E-state index in [1.807, 2.05) is 14.0 Å². The molecule has 0 fully saturated rings. The summed E-state index contributed by atoms with van der Waals surface area (Å²) >= 11 is 0. The van der Waals surface area contributed by atoms with Gasteiger partial charge in [0.25, 0.3) is 0 Å². The average molecular weight is 230 g/mol. The van der Waals surface area contributed by atoms with Crippen LogP contribution in [0.1, 0.15) is 41.0 Å². The molecular weight excluding hydrogens is 204 g/mol. The summed E-state index contributed by atoms with van der Waals surface area (Å²) in [5.74, 6) is -0.941. The fraction of sp³-hybridized carbons (Fsp3) is 0.917. The van der Waals surface area contributed by atoms with Crippen LogP contribution < -0.4 is 5.73 Å². The van der Waals surface area contributed by atoms with Gasteiger partial charge in [0.1, 0.15) is 5.54 Å². The van der Waals surface area contributed by atoms with E-state index in [0.29, 0.717) is 6.42 Å². The molecule has 2 unspecified atom stereocenters. The normalized spacial score (nSPS) is 18.2. The van der Waals surface area contributed by atoms with Crippen LogP contribution in [0.4, 0.5) is 0 Å². The highest BCUT2D eigenvalue weighted by Crippen LogP contribution is 2.19. The first-order valence-corrected chi connectivity index (χ1v) is 5.68. The largest absolute Gasteiger partial charge is 0.480 e. The lowest BCUT2D eigenvalue weighted by atomic mass is 9.91. The Morgan fingerprint density at radius 2 is 1.81 bits per heavy atom. The van der Waals surface area contributed by atoms with E-state index in [2.05, 4.69) is 25.7 Å². The molecule has 0 saturated carbocycles. The number of nitrogens with zero attached hydrogens (tertiary/aromatic N) is 1. The first-order valence-electron chi connectivity index (χ1n) is 5.68. The second kappa shape index (κ2) is 5.15. The van der Waals surface area contributed by atoms with Gasteiger partial charge >= 0.3 is 5.97 Å². The van der Waals surface area contributed by atoms with E-state index in [1.165, 1.54) is 0 Å². The van der Waals surface area contributed by atoms with E-state index < -0.39 is 11.5 Å². The quantitative estimate of drug-likeness (QED) is 0.752. The maximum atomic E-state index is 10.9. The van der Waals surface area contributed by atoms with Gasteiger partial charge in [0, 0.05) is 12.6 Å². The van der Waals surface area contributed by atoms with Crippen LogP contribution in [0.3, 0.4) is 0 Å². The molecule has 0 saturated heterocycles. The van der Waals surface area contributed by atoms with Crippen molar-refractivity contribution in [1.82, 2.24) is 4.90 Å². The number of nitrogens with two attached hydrogens (primary N) is 1. The Morgan fingerprint density at radius 1 is 1.38 bits per heavy atom. The van der Waals surface area contributed by atoms with E-state index in [9.17, 15) is 4.79 Å². The number of hydrogen-bond acceptors (Lipinski definition) is 3. The predicted molar refractivity (Wildman–Crippen MR) is 66.4 cm³/mol. The van der Waals surface area contributed by atoms with Crippen molar-refractivity contribution in [3.63, 3.8) is 0 Å². The zero-order valence-corrected chi connectivity index (χ0v) is 11.4. The number of rotatable bonds is 5. The van der Waals surface area contributed by atoms with Crippen molar-refractivity contribution in [2.75, 3.05) is 13.6 Å². The van der Waals surface area contributed by atoms with Crippen molar-refractivity contribution in [1.29, 1.82) is 0 Å². The third-order valence-electron chi connectivity index (χ3n) is 2.68. The number of aliphatic carboxylic acids is 1. The Kier molecular flexibility index (Phi) is 4.95. The van der Waals surface area contributed by atoms with E-state index in [0.717, 1.165) is 6.54 Å². The van der Waals surface area contributed by atoms with E-state index in [1.54, 1.807) is 6.92 Å². The van der Waals surface area contributed by atoms with Gasteiger partial charge in [0.2, 0.25) is 0 Å². The van der Waals surface area contributed by atoms with Crippen molar-refractivity contribution in [3.05, 3.63) is 0 Å². The zero-order chi connectivity index (χ0) is 13.1. The molecule has 0 radical (unpaired) electrons. The van der Waals surface area contributed by atoms with Crippen LogP contribution in [0.5, 0.6) is 0 Å². The van der Waals surface area contributed by atoms with Gasteiger partial charge in [0.05, 0.1) is 0 Å². The monoisotopic (exact) mass is 230 g/mol. The Bertz CT molecular complexity index is 244. The molecule has 0 heterocycles. The van der Waals surface area contributed by atoms with Crippen molar-refractivity contribution in [2.45, 2.75) is 52.6 Å². The highest BCUT2D eigenvalue weighted by atomic mass is 16.4. The van der Waals surface area contributed by atoms with E-state index in [4.69, 9.17) is 10.8 Å². The van der Waals surface area contributed by atoms with Gasteiger partial charge in [0.15, 0.2) is 0 Å². The lowest BCUT2D eigenvalue weighted by Crippen LogP contribution is -2.50. The molecule has 96 valence electrons. The number of carboxylic acids is 1. The molecule has 0 bridgehead atoms. The van der Waals surface area contributed by atoms with E-state index in [-0.39, 0.29) is 11.5 Å². The Morgan fingerprint density at radius 3 is 2.12 bits per heavy atom. The lowest BCUT2D eigenvalue weighted by molar-refractivity contribution is -0.143. The first kappa shape index (κ1) is 15.4. The zero-order valence-electron chi connectivity index (χ0n) is 11.4. The third kappa shape index (κ3) is 5.47. The minimum atomic E-state index is -1.15. The van der Waals surface area contributed by atoms with Gasteiger partial charge in [-0.3, -0.25) is 4.79 Å². The van der Waals surface area contributed by atoms with Gasteiger partial charge in [-0.05, 0) is 32.7 Å². The Hall–Kier alpha value is -0.610. The van der Waals surface area contributed by atoms with E-state index >= 15 is 0 Å². The fourth-order valence-corrected chi connectivity index (χ4v) is 1.76. The van der Waals surface area contributed by atoms with Crippen molar-refractivity contribution in [2.24, 2.45) is 11.1 Å². The predicted octanol–water partition coefficient (Wildman–Crippen LogP) is 1.54. The van der Waals surface area contributed by atoms with Crippen molar-refractivity contribution < 1.29 is 9.90 Å². The molecule has 0 aromatic rings. The van der Waals surface area contributed by atoms with Crippen molar-refractivity contribution in [3.8, 4) is 0 Å². The number of hydrogen-bond donors (Lipinski definition) is 2. The second-order valence-corrected chi connectivity index (χ2v) is 6.25. The van der Waals surface area contributed by atoms with Gasteiger partial charge < -0.3 is 15.7 Å². The molecule has 16 heavy (non-hydrogen) atoms. The van der Waals surface area contributed by atoms with Crippen LogP contribution in [0.25, 0.3) is 0 Å². The van der Waals surface area contributed by atoms with Gasteiger partial charge in [-0.1, -0.05) is 20.8 Å².